The highest BCUT2D eigenvalue weighted by molar-refractivity contribution is 7.53. The third kappa shape index (κ3) is 5.69. The first-order valence-corrected chi connectivity index (χ1v) is 14.7. The molecule has 2 aromatic carbocycles. The maximum atomic E-state index is 13.8. The first kappa shape index (κ1) is 30.8. The second kappa shape index (κ2) is 9.11. The van der Waals surface area contributed by atoms with E-state index < -0.39 is 12.8 Å². The van der Waals surface area contributed by atoms with Gasteiger partial charge in [-0.25, -0.2) is 0 Å². The lowest BCUT2D eigenvalue weighted by Crippen LogP contribution is -2.34. The maximum Gasteiger partial charge on any atom is 0.340 e. The van der Waals surface area contributed by atoms with E-state index in [-0.39, 0.29) is 21.7 Å². The smallest absolute Gasteiger partial charge is 0.324 e. The van der Waals surface area contributed by atoms with Crippen molar-refractivity contribution in [2.75, 3.05) is 0 Å². The highest BCUT2D eigenvalue weighted by Gasteiger charge is 2.51. The van der Waals surface area contributed by atoms with Gasteiger partial charge in [-0.05, 0) is 86.9 Å². The van der Waals surface area contributed by atoms with Crippen LogP contribution in [0.25, 0.3) is 0 Å². The fraction of sp³-hybridized carbons (Fsp3) is 0.625. The van der Waals surface area contributed by atoms with Gasteiger partial charge in [-0.15, -0.1) is 0 Å². The lowest BCUT2D eigenvalue weighted by molar-refractivity contribution is 0.341. The van der Waals surface area contributed by atoms with E-state index in [2.05, 4.69) is 107 Å². The van der Waals surface area contributed by atoms with Gasteiger partial charge in [0.1, 0.15) is 5.16 Å². The summed E-state index contributed by atoms with van der Waals surface area (Å²) >= 11 is 0. The van der Waals surface area contributed by atoms with Crippen LogP contribution in [0.4, 0.5) is 0 Å². The van der Waals surface area contributed by atoms with Crippen molar-refractivity contribution in [1.82, 2.24) is 0 Å². The molecule has 0 atom stereocenters. The van der Waals surface area contributed by atoms with Crippen LogP contribution in [0.3, 0.4) is 0 Å². The number of aryl methyl sites for hydroxylation is 2. The molecule has 0 radical (unpaired) electrons. The zero-order chi connectivity index (χ0) is 28.4. The summed E-state index contributed by atoms with van der Waals surface area (Å²) < 4.78 is 13.8. The molecule has 0 heterocycles. The van der Waals surface area contributed by atoms with Crippen molar-refractivity contribution in [3.63, 3.8) is 0 Å². The minimum atomic E-state index is -4.69. The van der Waals surface area contributed by atoms with Crippen LogP contribution in [0.1, 0.15) is 135 Å². The molecule has 0 fully saturated rings. The summed E-state index contributed by atoms with van der Waals surface area (Å²) in [5.41, 5.74) is 6.95. The molecule has 4 heteroatoms. The zero-order valence-corrected chi connectivity index (χ0v) is 26.5. The molecule has 0 aliphatic heterocycles. The Morgan fingerprint density at radius 1 is 0.528 bits per heavy atom. The molecule has 0 saturated carbocycles. The average molecular weight is 515 g/mol. The molecule has 0 aromatic heterocycles. The normalized spacial score (nSPS) is 14.4. The molecule has 0 unspecified atom stereocenters. The van der Waals surface area contributed by atoms with Crippen LogP contribution >= 0.6 is 7.60 Å². The molecule has 202 valence electrons. The number of benzene rings is 2. The van der Waals surface area contributed by atoms with Crippen LogP contribution in [0, 0.1) is 13.8 Å². The molecule has 0 bridgehead atoms. The summed E-state index contributed by atoms with van der Waals surface area (Å²) in [5, 5.41) is -1.50. The molecule has 0 aliphatic carbocycles. The largest absolute Gasteiger partial charge is 0.340 e. The van der Waals surface area contributed by atoms with E-state index in [0.29, 0.717) is 0 Å². The van der Waals surface area contributed by atoms with E-state index in [0.717, 1.165) is 33.4 Å². The molecule has 2 rings (SSSR count). The van der Waals surface area contributed by atoms with Gasteiger partial charge < -0.3 is 9.79 Å². The van der Waals surface area contributed by atoms with Gasteiger partial charge in [-0.2, -0.15) is 0 Å². The molecule has 2 N–H and O–H groups in total. The van der Waals surface area contributed by atoms with Gasteiger partial charge in [0.2, 0.25) is 0 Å². The van der Waals surface area contributed by atoms with E-state index in [1.165, 1.54) is 11.1 Å². The molecule has 36 heavy (non-hydrogen) atoms. The second-order valence-electron chi connectivity index (χ2n) is 15.0. The van der Waals surface area contributed by atoms with E-state index in [1.54, 1.807) is 6.92 Å². The van der Waals surface area contributed by atoms with Crippen molar-refractivity contribution in [3.05, 3.63) is 68.8 Å². The third-order valence-electron chi connectivity index (χ3n) is 7.58. The van der Waals surface area contributed by atoms with Crippen LogP contribution in [0.15, 0.2) is 24.3 Å². The SMILES string of the molecule is Cc1cc(C(C)(C)C)cc(C(C)(C)C)c1C(C)(c1c(C)cc(C(C)(C)C)cc1C(C)(C)C)P(=O)(O)O. The summed E-state index contributed by atoms with van der Waals surface area (Å²) in [5.74, 6) is 0. The quantitative estimate of drug-likeness (QED) is 0.402. The molecular weight excluding hydrogens is 463 g/mol. The highest BCUT2D eigenvalue weighted by Crippen LogP contribution is 2.64. The van der Waals surface area contributed by atoms with Crippen LogP contribution in [-0.2, 0) is 31.4 Å². The van der Waals surface area contributed by atoms with Crippen LogP contribution in [0.5, 0.6) is 0 Å². The summed E-state index contributed by atoms with van der Waals surface area (Å²) in [6.07, 6.45) is 0. The monoisotopic (exact) mass is 514 g/mol. The predicted octanol–water partition coefficient (Wildman–Crippen LogP) is 8.93. The molecule has 0 amide bonds. The van der Waals surface area contributed by atoms with E-state index >= 15 is 0 Å². The summed E-state index contributed by atoms with van der Waals surface area (Å²) in [7, 11) is -4.69. The van der Waals surface area contributed by atoms with Crippen LogP contribution in [-0.4, -0.2) is 9.79 Å². The summed E-state index contributed by atoms with van der Waals surface area (Å²) in [6, 6.07) is 8.64. The highest BCUT2D eigenvalue weighted by atomic mass is 31.2. The average Bonchev–Trinajstić information content (AvgIpc) is 2.62. The van der Waals surface area contributed by atoms with E-state index in [1.807, 2.05) is 13.8 Å². The minimum absolute atomic E-state index is 0.0807. The Morgan fingerprint density at radius 2 is 0.806 bits per heavy atom. The molecule has 0 spiro atoms. The van der Waals surface area contributed by atoms with Gasteiger partial charge in [0.25, 0.3) is 0 Å². The fourth-order valence-electron chi connectivity index (χ4n) is 5.33. The lowest BCUT2D eigenvalue weighted by atomic mass is 9.69. The van der Waals surface area contributed by atoms with Crippen LogP contribution < -0.4 is 0 Å². The molecular formula is C32H51O3P. The van der Waals surface area contributed by atoms with Crippen molar-refractivity contribution in [2.45, 2.75) is 131 Å². The first-order valence-electron chi connectivity index (χ1n) is 13.1. The Hall–Kier alpha value is -1.41. The Morgan fingerprint density at radius 3 is 1.00 bits per heavy atom. The van der Waals surface area contributed by atoms with Crippen LogP contribution in [0.2, 0.25) is 0 Å². The van der Waals surface area contributed by atoms with Gasteiger partial charge in [-0.3, -0.25) is 4.57 Å². The number of hydrogen-bond donors (Lipinski definition) is 2. The Bertz CT molecular complexity index is 1100. The second-order valence-corrected chi connectivity index (χ2v) is 17.0. The van der Waals surface area contributed by atoms with E-state index in [9.17, 15) is 14.4 Å². The maximum absolute atomic E-state index is 13.8. The van der Waals surface area contributed by atoms with E-state index in [4.69, 9.17) is 0 Å². The standard InChI is InChI=1S/C32H51O3P/c1-20-16-22(28(3,4)5)18-24(30(9,10)11)26(20)32(15,36(33,34)35)27-21(2)17-23(29(6,7)8)19-25(27)31(12,13)14/h16-19H,1-15H3,(H2,33,34,35). The summed E-state index contributed by atoms with van der Waals surface area (Å²) in [6.45, 7) is 31.7. The molecule has 3 nitrogen and oxygen atoms in total. The molecule has 0 aliphatic rings. The number of hydrogen-bond acceptors (Lipinski definition) is 1. The Balaban J connectivity index is 3.25. The fourth-order valence-corrected chi connectivity index (χ4v) is 6.51. The van der Waals surface area contributed by atoms with Gasteiger partial charge >= 0.3 is 7.60 Å². The number of rotatable bonds is 3. The predicted molar refractivity (Wildman–Crippen MR) is 156 cm³/mol. The molecule has 0 saturated heterocycles. The van der Waals surface area contributed by atoms with Gasteiger partial charge in [0.15, 0.2) is 0 Å². The Kier molecular flexibility index (Phi) is 7.79. The Labute approximate surface area is 221 Å². The third-order valence-corrected chi connectivity index (χ3v) is 9.19. The summed E-state index contributed by atoms with van der Waals surface area (Å²) in [4.78, 5) is 22.5. The minimum Gasteiger partial charge on any atom is -0.324 e. The lowest BCUT2D eigenvalue weighted by Gasteiger charge is -2.42. The molecule has 2 aromatic rings. The van der Waals surface area contributed by atoms with Gasteiger partial charge in [-0.1, -0.05) is 107 Å². The zero-order valence-electron chi connectivity index (χ0n) is 25.6. The van der Waals surface area contributed by atoms with Crippen molar-refractivity contribution in [2.24, 2.45) is 0 Å². The van der Waals surface area contributed by atoms with Gasteiger partial charge in [0, 0.05) is 0 Å². The van der Waals surface area contributed by atoms with Crippen molar-refractivity contribution >= 4 is 7.60 Å². The van der Waals surface area contributed by atoms with Gasteiger partial charge in [0.05, 0.1) is 0 Å². The first-order chi connectivity index (χ1) is 15.7. The van der Waals surface area contributed by atoms with Crippen molar-refractivity contribution in [1.29, 1.82) is 0 Å². The van der Waals surface area contributed by atoms with Crippen molar-refractivity contribution < 1.29 is 14.4 Å². The van der Waals surface area contributed by atoms with Crippen molar-refractivity contribution in [3.8, 4) is 0 Å². The topological polar surface area (TPSA) is 57.5 Å².